The molecule has 4 nitrogen and oxygen atoms in total. The lowest BCUT2D eigenvalue weighted by atomic mass is 9.85. The molecule has 18 unspecified atom stereocenters. The van der Waals surface area contributed by atoms with Gasteiger partial charge in [0.25, 0.3) is 0 Å². The van der Waals surface area contributed by atoms with Crippen LogP contribution in [-0.4, -0.2) is 19.9 Å². The molecule has 6 fully saturated rings. The summed E-state index contributed by atoms with van der Waals surface area (Å²) in [5.41, 5.74) is 22.7. The maximum atomic E-state index is 4.50. The molecular weight excluding hydrogens is 1230 g/mol. The molecule has 0 spiro atoms. The van der Waals surface area contributed by atoms with E-state index in [1.54, 1.807) is 16.7 Å². The number of aromatic nitrogens is 4. The van der Waals surface area contributed by atoms with Crippen molar-refractivity contribution in [2.75, 3.05) is 0 Å². The Hall–Kier alpha value is -7.04. The highest BCUT2D eigenvalue weighted by atomic mass is 14.7. The molecule has 3 aromatic carbocycles. The molecule has 0 N–H and O–H groups in total. The Morgan fingerprint density at radius 3 is 1.03 bits per heavy atom. The van der Waals surface area contributed by atoms with Gasteiger partial charge in [-0.05, 0) is 300 Å². The lowest BCUT2D eigenvalue weighted by Gasteiger charge is -2.20. The van der Waals surface area contributed by atoms with Crippen molar-refractivity contribution < 1.29 is 0 Å². The summed E-state index contributed by atoms with van der Waals surface area (Å²) in [7, 11) is 0. The van der Waals surface area contributed by atoms with Crippen LogP contribution in [0.1, 0.15) is 208 Å². The zero-order chi connectivity index (χ0) is 72.3. The minimum absolute atomic E-state index is 0.463. The average molecular weight is 1360 g/mol. The zero-order valence-corrected chi connectivity index (χ0v) is 65.9. The van der Waals surface area contributed by atoms with Crippen molar-refractivity contribution in [2.24, 2.45) is 139 Å². The molecule has 0 amide bonds. The summed E-state index contributed by atoms with van der Waals surface area (Å²) >= 11 is 0. The highest BCUT2D eigenvalue weighted by Crippen LogP contribution is 2.69. The monoisotopic (exact) mass is 1350 g/mol. The van der Waals surface area contributed by atoms with Crippen LogP contribution in [0.2, 0.25) is 0 Å². The smallest absolute Gasteiger partial charge is 0.0661 e. The molecular formula is C98H122N4. The number of rotatable bonds is 6. The van der Waals surface area contributed by atoms with Crippen LogP contribution >= 0.6 is 0 Å². The first-order valence-electron chi connectivity index (χ1n) is 39.6. The van der Waals surface area contributed by atoms with Gasteiger partial charge in [0.1, 0.15) is 0 Å². The van der Waals surface area contributed by atoms with E-state index in [1.807, 2.05) is 49.3 Å². The van der Waals surface area contributed by atoms with E-state index in [0.717, 1.165) is 107 Å². The first-order chi connectivity index (χ1) is 48.2. The van der Waals surface area contributed by atoms with Crippen molar-refractivity contribution in [3.63, 3.8) is 0 Å². The molecule has 534 valence electrons. The molecule has 7 aromatic rings. The van der Waals surface area contributed by atoms with Gasteiger partial charge in [-0.1, -0.05) is 246 Å². The number of hydrogen-bond donors (Lipinski definition) is 0. The van der Waals surface area contributed by atoms with E-state index in [9.17, 15) is 0 Å². The predicted octanol–water partition coefficient (Wildman–Crippen LogP) is 25.6. The van der Waals surface area contributed by atoms with E-state index in [-0.39, 0.29) is 0 Å². The molecule has 0 radical (unpaired) electrons. The Morgan fingerprint density at radius 1 is 0.265 bits per heavy atom. The maximum Gasteiger partial charge on any atom is 0.0661 e. The Morgan fingerprint density at radius 2 is 0.637 bits per heavy atom. The van der Waals surface area contributed by atoms with Crippen LogP contribution in [0, 0.1) is 153 Å². The van der Waals surface area contributed by atoms with Crippen LogP contribution < -0.4 is 0 Å². The topological polar surface area (TPSA) is 51.6 Å². The van der Waals surface area contributed by atoms with Gasteiger partial charge in [-0.15, -0.1) is 0 Å². The summed E-state index contributed by atoms with van der Waals surface area (Å²) in [6, 6.07) is 43.4. The zero-order valence-electron chi connectivity index (χ0n) is 65.9. The van der Waals surface area contributed by atoms with Gasteiger partial charge in [-0.2, -0.15) is 0 Å². The van der Waals surface area contributed by atoms with Crippen molar-refractivity contribution in [2.45, 2.75) is 177 Å². The molecule has 18 atom stereocenters. The van der Waals surface area contributed by atoms with E-state index >= 15 is 0 Å². The van der Waals surface area contributed by atoms with E-state index in [1.165, 1.54) is 111 Å². The van der Waals surface area contributed by atoms with Gasteiger partial charge in [-0.25, -0.2) is 0 Å². The molecule has 0 aliphatic heterocycles. The summed E-state index contributed by atoms with van der Waals surface area (Å²) < 4.78 is 0. The number of nitrogens with zero attached hydrogens (tertiary/aromatic N) is 4. The molecule has 6 saturated carbocycles. The van der Waals surface area contributed by atoms with E-state index in [4.69, 9.17) is 0 Å². The molecule has 19 rings (SSSR count). The second-order valence-corrected chi connectivity index (χ2v) is 40.0. The number of allylic oxidation sites excluding steroid dienone is 12. The number of hydrogen-bond acceptors (Lipinski definition) is 4. The van der Waals surface area contributed by atoms with Crippen LogP contribution in [0.3, 0.4) is 0 Å². The average Bonchev–Trinajstić information content (AvgIpc) is 1.61. The number of benzene rings is 3. The fraction of sp³-hybridized carbons (Fsp3) is 0.510. The van der Waals surface area contributed by atoms with Gasteiger partial charge in [0.05, 0.1) is 11.4 Å². The fourth-order valence-electron chi connectivity index (χ4n) is 21.7. The Kier molecular flexibility index (Phi) is 19.1. The summed E-state index contributed by atoms with van der Waals surface area (Å²) in [5, 5.41) is 2.53. The highest BCUT2D eigenvalue weighted by Gasteiger charge is 2.61. The largest absolute Gasteiger partial charge is 0.264 e. The third kappa shape index (κ3) is 15.5. The third-order valence-electron chi connectivity index (χ3n) is 26.3. The van der Waals surface area contributed by atoms with E-state index in [2.05, 4.69) is 304 Å². The highest BCUT2D eigenvalue weighted by molar-refractivity contribution is 5.86. The van der Waals surface area contributed by atoms with Crippen LogP contribution in [-0.2, 0) is 0 Å². The minimum Gasteiger partial charge on any atom is -0.264 e. The van der Waals surface area contributed by atoms with Gasteiger partial charge in [-0.3, -0.25) is 19.9 Å². The molecule has 102 heavy (non-hydrogen) atoms. The molecule has 4 heteroatoms. The summed E-state index contributed by atoms with van der Waals surface area (Å²) in [4.78, 5) is 17.4. The first-order valence-corrected chi connectivity index (χ1v) is 39.6. The SMILES string of the molecule is CC(C)(C)C1C2C=C(c3ccc4ccncc4c3)CC21.CC(C)(C)C1C2C=C(c3ccccc3)CC21.CC(C)(C)C1C2C=C(c3ccccn3)CC21.CC(C)(C)C1C2C=C(c3cccnc3)CC21.Cc1ccc(C2=CC3C(C2)C3C(C)(C)C)cc1.Cc1ccnc(C2=CC3C(C2)C3C(C)(C)C)c1. The van der Waals surface area contributed by atoms with Gasteiger partial charge >= 0.3 is 0 Å². The number of aryl methyl sites for hydroxylation is 2. The second-order valence-electron chi connectivity index (χ2n) is 40.0. The van der Waals surface area contributed by atoms with Crippen LogP contribution in [0.25, 0.3) is 44.2 Å². The lowest BCUT2D eigenvalue weighted by Crippen LogP contribution is -2.11. The second kappa shape index (κ2) is 27.1. The van der Waals surface area contributed by atoms with Crippen molar-refractivity contribution in [1.29, 1.82) is 0 Å². The Labute approximate surface area is 616 Å². The normalized spacial score (nSPS) is 31.1. The Balaban J connectivity index is 0.000000104. The fourth-order valence-corrected chi connectivity index (χ4v) is 21.7. The lowest BCUT2D eigenvalue weighted by molar-refractivity contribution is 0.321. The molecule has 0 bridgehead atoms. The van der Waals surface area contributed by atoms with E-state index in [0.29, 0.717) is 32.5 Å². The quantitative estimate of drug-likeness (QED) is 0.166. The maximum absolute atomic E-state index is 4.50. The van der Waals surface area contributed by atoms with Gasteiger partial charge in [0.2, 0.25) is 0 Å². The van der Waals surface area contributed by atoms with Crippen molar-refractivity contribution in [1.82, 2.24) is 19.9 Å². The molecule has 12 aliphatic rings. The van der Waals surface area contributed by atoms with Gasteiger partial charge in [0, 0.05) is 42.6 Å². The van der Waals surface area contributed by atoms with Crippen LogP contribution in [0.4, 0.5) is 0 Å². The molecule has 12 aliphatic carbocycles. The molecule has 0 saturated heterocycles. The molecule has 4 aromatic heterocycles. The summed E-state index contributed by atoms with van der Waals surface area (Å²) in [6.07, 6.45) is 34.2. The minimum atomic E-state index is 0.463. The Bertz CT molecular complexity index is 4160. The number of pyridine rings is 4. The van der Waals surface area contributed by atoms with E-state index < -0.39 is 0 Å². The van der Waals surface area contributed by atoms with Crippen LogP contribution in [0.15, 0.2) is 195 Å². The predicted molar refractivity (Wildman–Crippen MR) is 432 cm³/mol. The molecule has 4 heterocycles. The standard InChI is InChI=1S/C19H21N.C17H22.C16H21N.C16H20.2C15H19N/c1-19(2,3)18-16-9-14(10-17(16)18)13-5-4-12-6-7-20-11-15(12)8-13;1-11-5-7-12(8-6-11)13-9-14-15(10-13)16(14)17(2,3)4;1-10-5-6-17-14(7-10)11-8-12-13(9-11)15(12)16(2,3)4;1-16(2,3)15-13-9-12(10-14(13)15)11-7-5-4-6-8-11;1-15(2,3)14-12-7-11(8-13(12)14)10-5-4-6-16-9-10;1-15(2,3)14-11-8-10(9-12(11)14)13-6-4-5-7-16-13/h4-9,11,16-18H,10H2,1-3H3;5-9,14-16H,10H2,1-4H3;5-8,12-13,15H,9H2,1-4H3;4-9,13-15H,10H2,1-3H3;4-7,9,12-14H,8H2,1-3H3;4-8,11-12,14H,9H2,1-3H3. The number of fused-ring (bicyclic) bond motifs is 7. The van der Waals surface area contributed by atoms with Gasteiger partial charge in [0.15, 0.2) is 0 Å². The van der Waals surface area contributed by atoms with Crippen molar-refractivity contribution >= 4 is 44.2 Å². The first kappa shape index (κ1) is 71.9. The third-order valence-corrected chi connectivity index (χ3v) is 26.3. The van der Waals surface area contributed by atoms with Crippen LogP contribution in [0.5, 0.6) is 0 Å². The summed E-state index contributed by atoms with van der Waals surface area (Å²) in [5.74, 6) is 16.0. The van der Waals surface area contributed by atoms with Crippen molar-refractivity contribution in [3.8, 4) is 0 Å². The van der Waals surface area contributed by atoms with Crippen molar-refractivity contribution in [3.05, 3.63) is 240 Å². The van der Waals surface area contributed by atoms with Gasteiger partial charge < -0.3 is 0 Å². The summed E-state index contributed by atoms with van der Waals surface area (Å²) in [6.45, 7) is 47.0.